The van der Waals surface area contributed by atoms with E-state index >= 15 is 0 Å². The summed E-state index contributed by atoms with van der Waals surface area (Å²) in [5.74, 6) is 0.120. The Hall–Kier alpha value is -1.39. The van der Waals surface area contributed by atoms with Gasteiger partial charge in [0.05, 0.1) is 12.6 Å². The highest BCUT2D eigenvalue weighted by molar-refractivity contribution is 5.82. The summed E-state index contributed by atoms with van der Waals surface area (Å²) >= 11 is 0. The molecule has 1 aliphatic rings. The van der Waals surface area contributed by atoms with Crippen molar-refractivity contribution in [2.75, 3.05) is 13.7 Å². The minimum absolute atomic E-state index is 0.0511. The van der Waals surface area contributed by atoms with Gasteiger partial charge in [-0.25, -0.2) is 0 Å². The smallest absolute Gasteiger partial charge is 0.237 e. The van der Waals surface area contributed by atoms with Crippen LogP contribution in [0.25, 0.3) is 0 Å². The molecular weight excluding hydrogens is 228 g/mol. The van der Waals surface area contributed by atoms with E-state index in [1.54, 1.807) is 7.11 Å². The van der Waals surface area contributed by atoms with E-state index in [4.69, 9.17) is 4.74 Å². The predicted molar refractivity (Wildman–Crippen MR) is 70.0 cm³/mol. The number of piperidine rings is 1. The number of nitrogens with one attached hydrogen (secondary N) is 2. The van der Waals surface area contributed by atoms with E-state index in [1.807, 2.05) is 12.1 Å². The highest BCUT2D eigenvalue weighted by Crippen LogP contribution is 2.08. The molecule has 98 valence electrons. The molecule has 0 saturated carbocycles. The molecule has 1 aliphatic heterocycles. The lowest BCUT2D eigenvalue weighted by Gasteiger charge is -2.22. The predicted octanol–water partition coefficient (Wildman–Crippen LogP) is 1.20. The van der Waals surface area contributed by atoms with Crippen molar-refractivity contribution in [3.63, 3.8) is 0 Å². The zero-order valence-corrected chi connectivity index (χ0v) is 10.7. The minimum Gasteiger partial charge on any atom is -0.380 e. The normalized spacial score (nSPS) is 19.6. The molecule has 1 aromatic rings. The van der Waals surface area contributed by atoms with E-state index < -0.39 is 0 Å². The number of rotatable bonds is 5. The average Bonchev–Trinajstić information content (AvgIpc) is 2.39. The molecule has 1 unspecified atom stereocenters. The topological polar surface area (TPSA) is 50.4 Å². The highest BCUT2D eigenvalue weighted by atomic mass is 16.5. The Morgan fingerprint density at radius 1 is 1.44 bits per heavy atom. The second-order valence-corrected chi connectivity index (χ2v) is 4.62. The third-order valence-corrected chi connectivity index (χ3v) is 3.14. The monoisotopic (exact) mass is 248 g/mol. The average molecular weight is 248 g/mol. The number of hydrogen-bond donors (Lipinski definition) is 2. The van der Waals surface area contributed by atoms with Gasteiger partial charge in [-0.2, -0.15) is 0 Å². The van der Waals surface area contributed by atoms with Gasteiger partial charge in [0.15, 0.2) is 0 Å². The summed E-state index contributed by atoms with van der Waals surface area (Å²) in [6.07, 6.45) is 1.97. The summed E-state index contributed by atoms with van der Waals surface area (Å²) in [7, 11) is 1.69. The fraction of sp³-hybridized carbons (Fsp3) is 0.500. The van der Waals surface area contributed by atoms with Crippen LogP contribution in [0.4, 0.5) is 0 Å². The first-order valence-electron chi connectivity index (χ1n) is 6.37. The van der Waals surface area contributed by atoms with Gasteiger partial charge in [0, 0.05) is 20.2 Å². The molecular formula is C14H20N2O2. The fourth-order valence-corrected chi connectivity index (χ4v) is 2.20. The molecule has 0 aromatic heterocycles. The molecule has 1 saturated heterocycles. The van der Waals surface area contributed by atoms with Gasteiger partial charge in [0.1, 0.15) is 0 Å². The molecule has 0 spiro atoms. The van der Waals surface area contributed by atoms with E-state index in [9.17, 15) is 4.79 Å². The van der Waals surface area contributed by atoms with Crippen molar-refractivity contribution in [2.45, 2.75) is 32.0 Å². The van der Waals surface area contributed by atoms with Gasteiger partial charge in [-0.1, -0.05) is 24.3 Å². The molecule has 18 heavy (non-hydrogen) atoms. The lowest BCUT2D eigenvalue weighted by molar-refractivity contribution is -0.124. The van der Waals surface area contributed by atoms with Crippen molar-refractivity contribution in [3.05, 3.63) is 35.4 Å². The lowest BCUT2D eigenvalue weighted by atomic mass is 10.1. The maximum absolute atomic E-state index is 11.6. The second kappa shape index (κ2) is 6.52. The van der Waals surface area contributed by atoms with Crippen LogP contribution in [0.1, 0.15) is 24.0 Å². The van der Waals surface area contributed by atoms with Gasteiger partial charge in [-0.15, -0.1) is 0 Å². The third-order valence-electron chi connectivity index (χ3n) is 3.14. The van der Waals surface area contributed by atoms with Crippen molar-refractivity contribution in [2.24, 2.45) is 0 Å². The lowest BCUT2D eigenvalue weighted by Crippen LogP contribution is -2.47. The summed E-state index contributed by atoms with van der Waals surface area (Å²) in [4.78, 5) is 11.6. The first-order chi connectivity index (χ1) is 8.79. The van der Waals surface area contributed by atoms with Gasteiger partial charge >= 0.3 is 0 Å². The molecule has 0 aliphatic carbocycles. The molecule has 2 N–H and O–H groups in total. The molecule has 4 nitrogen and oxygen atoms in total. The molecule has 0 radical (unpaired) electrons. The van der Waals surface area contributed by atoms with Crippen molar-refractivity contribution in [1.29, 1.82) is 0 Å². The third kappa shape index (κ3) is 3.55. The van der Waals surface area contributed by atoms with Gasteiger partial charge in [0.25, 0.3) is 0 Å². The standard InChI is InChI=1S/C14H20N2O2/c1-18-10-12-5-2-4-11(8-12)9-16-13-6-3-7-15-14(13)17/h2,4-5,8,13,16H,3,6-7,9-10H2,1H3,(H,15,17). The maximum atomic E-state index is 11.6. The second-order valence-electron chi connectivity index (χ2n) is 4.62. The van der Waals surface area contributed by atoms with Gasteiger partial charge in [-0.05, 0) is 24.0 Å². The first kappa shape index (κ1) is 13.1. The summed E-state index contributed by atoms with van der Waals surface area (Å²) in [5, 5.41) is 6.18. The minimum atomic E-state index is -0.0511. The maximum Gasteiger partial charge on any atom is 0.237 e. The Morgan fingerprint density at radius 3 is 3.06 bits per heavy atom. The number of benzene rings is 1. The number of carbonyl (C=O) groups excluding carboxylic acids is 1. The molecule has 1 aromatic carbocycles. The molecule has 1 amide bonds. The Labute approximate surface area is 108 Å². The van der Waals surface area contributed by atoms with Crippen LogP contribution in [0.2, 0.25) is 0 Å². The Balaban J connectivity index is 1.89. The molecule has 0 bridgehead atoms. The molecule has 2 rings (SSSR count). The molecule has 1 atom stereocenters. The van der Waals surface area contributed by atoms with Crippen molar-refractivity contribution < 1.29 is 9.53 Å². The van der Waals surface area contributed by atoms with Crippen LogP contribution in [-0.4, -0.2) is 25.6 Å². The van der Waals surface area contributed by atoms with Crippen LogP contribution >= 0.6 is 0 Å². The van der Waals surface area contributed by atoms with E-state index in [2.05, 4.69) is 22.8 Å². The van der Waals surface area contributed by atoms with E-state index in [0.717, 1.165) is 31.5 Å². The number of methoxy groups -OCH3 is 1. The first-order valence-corrected chi connectivity index (χ1v) is 6.37. The van der Waals surface area contributed by atoms with Crippen LogP contribution in [0.5, 0.6) is 0 Å². The van der Waals surface area contributed by atoms with Crippen LogP contribution in [0.3, 0.4) is 0 Å². The van der Waals surface area contributed by atoms with Crippen LogP contribution in [0, 0.1) is 0 Å². The van der Waals surface area contributed by atoms with Crippen LogP contribution in [-0.2, 0) is 22.7 Å². The molecule has 4 heteroatoms. The zero-order valence-electron chi connectivity index (χ0n) is 10.7. The van der Waals surface area contributed by atoms with Gasteiger partial charge in [0.2, 0.25) is 5.91 Å². The number of amides is 1. The SMILES string of the molecule is COCc1cccc(CNC2CCCNC2=O)c1. The van der Waals surface area contributed by atoms with Crippen molar-refractivity contribution in [3.8, 4) is 0 Å². The molecule has 1 fully saturated rings. The number of ether oxygens (including phenoxy) is 1. The fourth-order valence-electron chi connectivity index (χ4n) is 2.20. The molecule has 1 heterocycles. The van der Waals surface area contributed by atoms with Crippen LogP contribution < -0.4 is 10.6 Å². The van der Waals surface area contributed by atoms with Gasteiger partial charge in [-0.3, -0.25) is 4.79 Å². The Morgan fingerprint density at radius 2 is 2.28 bits per heavy atom. The Bertz CT molecular complexity index is 407. The van der Waals surface area contributed by atoms with E-state index in [1.165, 1.54) is 5.56 Å². The van der Waals surface area contributed by atoms with E-state index in [-0.39, 0.29) is 11.9 Å². The Kier molecular flexibility index (Phi) is 4.73. The van der Waals surface area contributed by atoms with Crippen LogP contribution in [0.15, 0.2) is 24.3 Å². The highest BCUT2D eigenvalue weighted by Gasteiger charge is 2.20. The number of carbonyl (C=O) groups is 1. The summed E-state index contributed by atoms with van der Waals surface area (Å²) in [6.45, 7) is 2.15. The van der Waals surface area contributed by atoms with Crippen molar-refractivity contribution in [1.82, 2.24) is 10.6 Å². The quantitative estimate of drug-likeness (QED) is 0.823. The summed E-state index contributed by atoms with van der Waals surface area (Å²) in [6, 6.07) is 8.18. The largest absolute Gasteiger partial charge is 0.380 e. The van der Waals surface area contributed by atoms with Crippen molar-refractivity contribution >= 4 is 5.91 Å². The summed E-state index contributed by atoms with van der Waals surface area (Å²) in [5.41, 5.74) is 2.34. The van der Waals surface area contributed by atoms with E-state index in [0.29, 0.717) is 6.61 Å². The van der Waals surface area contributed by atoms with Gasteiger partial charge < -0.3 is 15.4 Å². The zero-order chi connectivity index (χ0) is 12.8. The summed E-state index contributed by atoms with van der Waals surface area (Å²) < 4.78 is 5.11. The number of hydrogen-bond acceptors (Lipinski definition) is 3.